The summed E-state index contributed by atoms with van der Waals surface area (Å²) in [6, 6.07) is 3.59. The lowest BCUT2D eigenvalue weighted by Crippen LogP contribution is -2.12. The molecule has 0 bridgehead atoms. The van der Waals surface area contributed by atoms with Gasteiger partial charge in [-0.15, -0.1) is 0 Å². The number of nitrogens with zero attached hydrogens (tertiary/aromatic N) is 1. The molecule has 1 unspecified atom stereocenters. The maximum absolute atomic E-state index is 13.3. The summed E-state index contributed by atoms with van der Waals surface area (Å²) < 4.78 is 31.6. The maximum Gasteiger partial charge on any atom is 0.191 e. The Bertz CT molecular complexity index is 375. The molecule has 0 aliphatic rings. The molecule has 1 atom stereocenters. The Hall–Kier alpha value is -1.63. The fraction of sp³-hybridized carbons (Fsp3) is 0.364. The molecule has 1 aromatic rings. The Labute approximate surface area is 87.1 Å². The van der Waals surface area contributed by atoms with E-state index in [0.29, 0.717) is 6.42 Å². The second-order valence-corrected chi connectivity index (χ2v) is 3.22. The summed E-state index contributed by atoms with van der Waals surface area (Å²) in [5.41, 5.74) is -0.0542. The summed E-state index contributed by atoms with van der Waals surface area (Å²) in [4.78, 5) is 0. The monoisotopic (exact) mass is 211 g/mol. The third kappa shape index (κ3) is 2.66. The molecule has 0 N–H and O–H groups in total. The van der Waals surface area contributed by atoms with Crippen LogP contribution in [0.3, 0.4) is 0 Å². The van der Waals surface area contributed by atoms with E-state index in [0.717, 1.165) is 12.1 Å². The highest BCUT2D eigenvalue weighted by Crippen LogP contribution is 2.24. The van der Waals surface area contributed by atoms with Crippen molar-refractivity contribution in [3.8, 4) is 11.8 Å². The Balaban J connectivity index is 3.04. The predicted octanol–water partition coefficient (Wildman–Crippen LogP) is 3.01. The zero-order chi connectivity index (χ0) is 11.4. The molecular weight excluding hydrogens is 200 g/mol. The zero-order valence-corrected chi connectivity index (χ0v) is 8.55. The minimum Gasteiger partial charge on any atom is -0.485 e. The molecule has 1 rings (SSSR count). The van der Waals surface area contributed by atoms with Gasteiger partial charge in [-0.3, -0.25) is 0 Å². The molecule has 0 aliphatic heterocycles. The van der Waals surface area contributed by atoms with Gasteiger partial charge in [0.15, 0.2) is 17.4 Å². The van der Waals surface area contributed by atoms with Crippen LogP contribution in [-0.2, 0) is 0 Å². The van der Waals surface area contributed by atoms with E-state index in [4.69, 9.17) is 10.00 Å². The van der Waals surface area contributed by atoms with Crippen molar-refractivity contribution >= 4 is 0 Å². The number of benzene rings is 1. The van der Waals surface area contributed by atoms with E-state index < -0.39 is 17.4 Å². The van der Waals surface area contributed by atoms with Crippen LogP contribution in [0.1, 0.15) is 25.8 Å². The standard InChI is InChI=1S/C11H11F2NO/c1-3-7(2)15-11-9(12)4-8(6-14)5-10(11)13/h4-5,7H,3H2,1-2H3. The summed E-state index contributed by atoms with van der Waals surface area (Å²) >= 11 is 0. The van der Waals surface area contributed by atoms with Gasteiger partial charge in [0.25, 0.3) is 0 Å². The quantitative estimate of drug-likeness (QED) is 0.769. The number of hydrogen-bond acceptors (Lipinski definition) is 2. The van der Waals surface area contributed by atoms with Gasteiger partial charge < -0.3 is 4.74 Å². The number of ether oxygens (including phenoxy) is 1. The van der Waals surface area contributed by atoms with Crippen molar-refractivity contribution in [1.82, 2.24) is 0 Å². The molecule has 1 aromatic carbocycles. The number of halogens is 2. The highest BCUT2D eigenvalue weighted by molar-refractivity contribution is 5.37. The van der Waals surface area contributed by atoms with Gasteiger partial charge in [-0.1, -0.05) is 6.92 Å². The van der Waals surface area contributed by atoms with Gasteiger partial charge in [0, 0.05) is 0 Å². The van der Waals surface area contributed by atoms with Gasteiger partial charge in [-0.2, -0.15) is 5.26 Å². The van der Waals surface area contributed by atoms with E-state index in [1.165, 1.54) is 0 Å². The molecule has 80 valence electrons. The van der Waals surface area contributed by atoms with Crippen LogP contribution in [0.5, 0.6) is 5.75 Å². The first kappa shape index (κ1) is 11.4. The predicted molar refractivity (Wildman–Crippen MR) is 51.5 cm³/mol. The third-order valence-electron chi connectivity index (χ3n) is 2.02. The van der Waals surface area contributed by atoms with Crippen LogP contribution < -0.4 is 4.74 Å². The molecular formula is C11H11F2NO. The topological polar surface area (TPSA) is 33.0 Å². The van der Waals surface area contributed by atoms with Gasteiger partial charge in [0.2, 0.25) is 0 Å². The van der Waals surface area contributed by atoms with Crippen molar-refractivity contribution < 1.29 is 13.5 Å². The van der Waals surface area contributed by atoms with Gasteiger partial charge in [-0.05, 0) is 25.5 Å². The zero-order valence-electron chi connectivity index (χ0n) is 8.55. The van der Waals surface area contributed by atoms with Crippen LogP contribution in [0, 0.1) is 23.0 Å². The largest absolute Gasteiger partial charge is 0.485 e. The Morgan fingerprint density at radius 3 is 2.33 bits per heavy atom. The summed E-state index contributed by atoms with van der Waals surface area (Å²) in [6.45, 7) is 3.57. The summed E-state index contributed by atoms with van der Waals surface area (Å²) in [5, 5.41) is 8.48. The average molecular weight is 211 g/mol. The van der Waals surface area contributed by atoms with Crippen molar-refractivity contribution in [3.05, 3.63) is 29.3 Å². The maximum atomic E-state index is 13.3. The molecule has 0 fully saturated rings. The van der Waals surface area contributed by atoms with E-state index in [9.17, 15) is 8.78 Å². The lowest BCUT2D eigenvalue weighted by Gasteiger charge is -2.13. The fourth-order valence-corrected chi connectivity index (χ4v) is 1.02. The normalized spacial score (nSPS) is 11.9. The molecule has 4 heteroatoms. The minimum atomic E-state index is -0.841. The second kappa shape index (κ2) is 4.74. The lowest BCUT2D eigenvalue weighted by atomic mass is 10.2. The van der Waals surface area contributed by atoms with Crippen LogP contribution in [-0.4, -0.2) is 6.10 Å². The van der Waals surface area contributed by atoms with Crippen LogP contribution >= 0.6 is 0 Å². The molecule has 2 nitrogen and oxygen atoms in total. The summed E-state index contributed by atoms with van der Waals surface area (Å²) in [6.07, 6.45) is 0.390. The van der Waals surface area contributed by atoms with Crippen LogP contribution in [0.15, 0.2) is 12.1 Å². The van der Waals surface area contributed by atoms with Gasteiger partial charge in [0.05, 0.1) is 17.7 Å². The number of rotatable bonds is 3. The van der Waals surface area contributed by atoms with E-state index in [1.807, 2.05) is 6.92 Å². The highest BCUT2D eigenvalue weighted by Gasteiger charge is 2.14. The first-order valence-corrected chi connectivity index (χ1v) is 4.64. The lowest BCUT2D eigenvalue weighted by molar-refractivity contribution is 0.197. The molecule has 0 saturated heterocycles. The van der Waals surface area contributed by atoms with Gasteiger partial charge in [0.1, 0.15) is 0 Å². The molecule has 0 radical (unpaired) electrons. The smallest absolute Gasteiger partial charge is 0.191 e. The van der Waals surface area contributed by atoms with Crippen molar-refractivity contribution in [2.45, 2.75) is 26.4 Å². The van der Waals surface area contributed by atoms with Crippen molar-refractivity contribution in [2.24, 2.45) is 0 Å². The van der Waals surface area contributed by atoms with Gasteiger partial charge >= 0.3 is 0 Å². The first-order chi connectivity index (χ1) is 7.08. The van der Waals surface area contributed by atoms with Crippen molar-refractivity contribution in [1.29, 1.82) is 5.26 Å². The molecule has 0 aromatic heterocycles. The Kier molecular flexibility index (Phi) is 3.62. The molecule has 0 aliphatic carbocycles. The third-order valence-corrected chi connectivity index (χ3v) is 2.02. The first-order valence-electron chi connectivity index (χ1n) is 4.64. The molecule has 0 spiro atoms. The molecule has 15 heavy (non-hydrogen) atoms. The molecule has 0 saturated carbocycles. The van der Waals surface area contributed by atoms with Crippen LogP contribution in [0.25, 0.3) is 0 Å². The average Bonchev–Trinajstić information content (AvgIpc) is 2.22. The Morgan fingerprint density at radius 1 is 1.40 bits per heavy atom. The number of hydrogen-bond donors (Lipinski definition) is 0. The van der Waals surface area contributed by atoms with Crippen LogP contribution in [0.2, 0.25) is 0 Å². The molecule has 0 heterocycles. The fourth-order valence-electron chi connectivity index (χ4n) is 1.02. The van der Waals surface area contributed by atoms with E-state index in [2.05, 4.69) is 0 Å². The van der Waals surface area contributed by atoms with E-state index in [1.54, 1.807) is 13.0 Å². The second-order valence-electron chi connectivity index (χ2n) is 3.22. The summed E-state index contributed by atoms with van der Waals surface area (Å²) in [5.74, 6) is -2.10. The summed E-state index contributed by atoms with van der Waals surface area (Å²) in [7, 11) is 0. The van der Waals surface area contributed by atoms with Crippen molar-refractivity contribution in [3.63, 3.8) is 0 Å². The van der Waals surface area contributed by atoms with E-state index >= 15 is 0 Å². The minimum absolute atomic E-state index is 0.0542. The van der Waals surface area contributed by atoms with Gasteiger partial charge in [-0.25, -0.2) is 8.78 Å². The Morgan fingerprint density at radius 2 is 1.93 bits per heavy atom. The SMILES string of the molecule is CCC(C)Oc1c(F)cc(C#N)cc1F. The highest BCUT2D eigenvalue weighted by atomic mass is 19.1. The molecule has 0 amide bonds. The number of nitriles is 1. The van der Waals surface area contributed by atoms with Crippen molar-refractivity contribution in [2.75, 3.05) is 0 Å². The van der Waals surface area contributed by atoms with Crippen LogP contribution in [0.4, 0.5) is 8.78 Å². The van der Waals surface area contributed by atoms with E-state index in [-0.39, 0.29) is 11.7 Å².